The van der Waals surface area contributed by atoms with Gasteiger partial charge in [-0.05, 0) is 25.0 Å². The summed E-state index contributed by atoms with van der Waals surface area (Å²) >= 11 is 0. The number of carbonyl (C=O) groups is 1. The van der Waals surface area contributed by atoms with Crippen LogP contribution in [0.2, 0.25) is 0 Å². The van der Waals surface area contributed by atoms with Gasteiger partial charge in [-0.3, -0.25) is 4.79 Å². The Labute approximate surface area is 83.3 Å². The van der Waals surface area contributed by atoms with Crippen LogP contribution in [0.25, 0.3) is 0 Å². The molecule has 1 aromatic rings. The maximum Gasteiger partial charge on any atom is 0.251 e. The summed E-state index contributed by atoms with van der Waals surface area (Å²) in [6.45, 7) is 2.53. The smallest absolute Gasteiger partial charge is 0.251 e. The van der Waals surface area contributed by atoms with Crippen molar-refractivity contribution in [1.82, 2.24) is 5.32 Å². The third kappa shape index (κ3) is 1.51. The molecule has 3 nitrogen and oxygen atoms in total. The van der Waals surface area contributed by atoms with Crippen molar-refractivity contribution in [3.8, 4) is 0 Å². The Balaban J connectivity index is 2.40. The molecule has 0 radical (unpaired) electrons. The molecule has 0 aliphatic carbocycles. The molecule has 0 saturated heterocycles. The Morgan fingerprint density at radius 2 is 2.36 bits per heavy atom. The Morgan fingerprint density at radius 1 is 1.57 bits per heavy atom. The van der Waals surface area contributed by atoms with E-state index in [1.165, 1.54) is 5.56 Å². The van der Waals surface area contributed by atoms with Gasteiger partial charge in [-0.1, -0.05) is 17.7 Å². The first-order valence-electron chi connectivity index (χ1n) is 4.81. The van der Waals surface area contributed by atoms with Crippen molar-refractivity contribution in [1.29, 1.82) is 0 Å². The van der Waals surface area contributed by atoms with Crippen molar-refractivity contribution in [2.75, 3.05) is 6.54 Å². The number of aryl methyl sites for hydroxylation is 1. The summed E-state index contributed by atoms with van der Waals surface area (Å²) in [5.74, 6) is 0.00157. The highest BCUT2D eigenvalue weighted by Crippen LogP contribution is 2.17. The summed E-state index contributed by atoms with van der Waals surface area (Å²) < 4.78 is 0. The van der Waals surface area contributed by atoms with Crippen molar-refractivity contribution >= 4 is 5.91 Å². The normalized spacial score (nSPS) is 20.1. The summed E-state index contributed by atoms with van der Waals surface area (Å²) in [4.78, 5) is 11.6. The Bertz CT molecular complexity index is 374. The fraction of sp³-hybridized carbons (Fsp3) is 0.364. The average molecular weight is 190 g/mol. The third-order valence-corrected chi connectivity index (χ3v) is 2.59. The predicted molar refractivity (Wildman–Crippen MR) is 55.2 cm³/mol. The minimum atomic E-state index is 0.00157. The summed E-state index contributed by atoms with van der Waals surface area (Å²) in [6, 6.07) is 6.00. The maximum atomic E-state index is 11.6. The number of fused-ring (bicyclic) bond motifs is 1. The van der Waals surface area contributed by atoms with Crippen LogP contribution in [-0.2, 0) is 6.42 Å². The lowest BCUT2D eigenvalue weighted by atomic mass is 9.94. The summed E-state index contributed by atoms with van der Waals surface area (Å²) in [5, 5.41) is 2.88. The number of nitrogens with two attached hydrogens (primary N) is 1. The minimum Gasteiger partial charge on any atom is -0.348 e. The van der Waals surface area contributed by atoms with Crippen LogP contribution < -0.4 is 11.1 Å². The number of benzene rings is 1. The molecule has 74 valence electrons. The molecule has 3 heteroatoms. The van der Waals surface area contributed by atoms with Crippen LogP contribution >= 0.6 is 0 Å². The molecule has 1 heterocycles. The zero-order valence-electron chi connectivity index (χ0n) is 8.21. The predicted octanol–water partition coefficient (Wildman–Crippen LogP) is 0.608. The van der Waals surface area contributed by atoms with Gasteiger partial charge in [0.05, 0.1) is 0 Å². The van der Waals surface area contributed by atoms with Gasteiger partial charge in [0, 0.05) is 18.2 Å². The van der Waals surface area contributed by atoms with Gasteiger partial charge in [0.15, 0.2) is 0 Å². The largest absolute Gasteiger partial charge is 0.348 e. The van der Waals surface area contributed by atoms with Gasteiger partial charge in [0.2, 0.25) is 0 Å². The highest BCUT2D eigenvalue weighted by atomic mass is 16.1. The second kappa shape index (κ2) is 3.42. The van der Waals surface area contributed by atoms with Crippen molar-refractivity contribution in [2.45, 2.75) is 19.4 Å². The van der Waals surface area contributed by atoms with E-state index in [4.69, 9.17) is 5.73 Å². The van der Waals surface area contributed by atoms with Crippen LogP contribution in [0, 0.1) is 6.92 Å². The van der Waals surface area contributed by atoms with Crippen LogP contribution in [0.15, 0.2) is 18.2 Å². The number of hydrogen-bond donors (Lipinski definition) is 2. The molecular weight excluding hydrogens is 176 g/mol. The topological polar surface area (TPSA) is 55.1 Å². The van der Waals surface area contributed by atoms with Gasteiger partial charge in [0.1, 0.15) is 0 Å². The molecule has 0 saturated carbocycles. The van der Waals surface area contributed by atoms with Gasteiger partial charge in [-0.25, -0.2) is 0 Å². The fourth-order valence-electron chi connectivity index (χ4n) is 1.83. The van der Waals surface area contributed by atoms with Gasteiger partial charge >= 0.3 is 0 Å². The Morgan fingerprint density at radius 3 is 3.07 bits per heavy atom. The number of carbonyl (C=O) groups excluding carboxylic acids is 1. The zero-order valence-corrected chi connectivity index (χ0v) is 8.21. The summed E-state index contributed by atoms with van der Waals surface area (Å²) in [7, 11) is 0. The second-order valence-electron chi connectivity index (χ2n) is 3.77. The molecule has 0 fully saturated rings. The zero-order chi connectivity index (χ0) is 10.1. The van der Waals surface area contributed by atoms with Gasteiger partial charge in [-0.15, -0.1) is 0 Å². The van der Waals surface area contributed by atoms with Crippen molar-refractivity contribution in [2.24, 2.45) is 5.73 Å². The van der Waals surface area contributed by atoms with Gasteiger partial charge in [0.25, 0.3) is 5.91 Å². The Kier molecular flexibility index (Phi) is 2.25. The molecule has 1 aliphatic heterocycles. The quantitative estimate of drug-likeness (QED) is 0.681. The van der Waals surface area contributed by atoms with E-state index in [2.05, 4.69) is 11.4 Å². The van der Waals surface area contributed by atoms with Crippen molar-refractivity contribution in [3.05, 3.63) is 34.9 Å². The SMILES string of the molecule is Cc1ccc2c(c1)C[C@H](CN)NC2=O. The van der Waals surface area contributed by atoms with Crippen LogP contribution in [0.4, 0.5) is 0 Å². The molecular formula is C11H14N2O. The number of hydrogen-bond acceptors (Lipinski definition) is 2. The van der Waals surface area contributed by atoms with E-state index in [1.54, 1.807) is 0 Å². The first-order valence-corrected chi connectivity index (χ1v) is 4.81. The van der Waals surface area contributed by atoms with Crippen LogP contribution in [0.3, 0.4) is 0 Å². The monoisotopic (exact) mass is 190 g/mol. The van der Waals surface area contributed by atoms with Gasteiger partial charge in [-0.2, -0.15) is 0 Å². The van der Waals surface area contributed by atoms with Crippen LogP contribution in [-0.4, -0.2) is 18.5 Å². The molecule has 1 atom stereocenters. The van der Waals surface area contributed by atoms with E-state index >= 15 is 0 Å². The van der Waals surface area contributed by atoms with E-state index in [0.29, 0.717) is 6.54 Å². The van der Waals surface area contributed by atoms with Gasteiger partial charge < -0.3 is 11.1 Å². The summed E-state index contributed by atoms with van der Waals surface area (Å²) in [6.07, 6.45) is 0.846. The first-order chi connectivity index (χ1) is 6.70. The molecule has 14 heavy (non-hydrogen) atoms. The molecule has 0 aromatic heterocycles. The fourth-order valence-corrected chi connectivity index (χ4v) is 1.83. The van der Waals surface area contributed by atoms with E-state index < -0.39 is 0 Å². The molecule has 2 rings (SSSR count). The third-order valence-electron chi connectivity index (χ3n) is 2.59. The Hall–Kier alpha value is -1.35. The standard InChI is InChI=1S/C11H14N2O/c1-7-2-3-10-8(4-7)5-9(6-12)13-11(10)14/h2-4,9H,5-6,12H2,1H3,(H,13,14)/t9-/m1/s1. The first kappa shape index (κ1) is 9.21. The van der Waals surface area contributed by atoms with E-state index in [-0.39, 0.29) is 11.9 Å². The lowest BCUT2D eigenvalue weighted by Crippen LogP contribution is -2.45. The molecule has 0 spiro atoms. The molecule has 1 aromatic carbocycles. The van der Waals surface area contributed by atoms with Crippen molar-refractivity contribution in [3.63, 3.8) is 0 Å². The van der Waals surface area contributed by atoms with E-state index in [1.807, 2.05) is 19.1 Å². The lowest BCUT2D eigenvalue weighted by Gasteiger charge is -2.24. The second-order valence-corrected chi connectivity index (χ2v) is 3.77. The highest BCUT2D eigenvalue weighted by molar-refractivity contribution is 5.97. The minimum absolute atomic E-state index is 0.00157. The highest BCUT2D eigenvalue weighted by Gasteiger charge is 2.22. The lowest BCUT2D eigenvalue weighted by molar-refractivity contribution is 0.0927. The molecule has 1 aliphatic rings. The molecule has 0 unspecified atom stereocenters. The van der Waals surface area contributed by atoms with Crippen LogP contribution in [0.5, 0.6) is 0 Å². The number of nitrogens with one attached hydrogen (secondary N) is 1. The molecule has 1 amide bonds. The van der Waals surface area contributed by atoms with E-state index in [9.17, 15) is 4.79 Å². The molecule has 3 N–H and O–H groups in total. The van der Waals surface area contributed by atoms with Crippen molar-refractivity contribution < 1.29 is 4.79 Å². The number of amides is 1. The summed E-state index contributed by atoms with van der Waals surface area (Å²) in [5.41, 5.74) is 8.64. The average Bonchev–Trinajstić information content (AvgIpc) is 2.16. The maximum absolute atomic E-state index is 11.6. The molecule has 0 bridgehead atoms. The van der Waals surface area contributed by atoms with E-state index in [0.717, 1.165) is 17.5 Å². The number of rotatable bonds is 1. The van der Waals surface area contributed by atoms with Crippen LogP contribution in [0.1, 0.15) is 21.5 Å².